The first-order chi connectivity index (χ1) is 16.8. The summed E-state index contributed by atoms with van der Waals surface area (Å²) in [6, 6.07) is 15.4. The van der Waals surface area contributed by atoms with Gasteiger partial charge in [-0.25, -0.2) is 9.59 Å². The van der Waals surface area contributed by atoms with E-state index in [-0.39, 0.29) is 24.2 Å². The number of para-hydroxylation sites is 1. The molecule has 4 N–H and O–H groups in total. The standard InChI is InChI=1S/C23H30N2O4.C2H2O4/c1-29-21-9-5-8-20(22(21)27)17-24-12-10-19(11-13-24)23(28)25(14-15-26)16-18-6-3-2-4-7-18;3-1(4)2(5)6/h2-9,19,26-27H,10-17H2,1H3;(H,3,4)(H,5,6). The van der Waals surface area contributed by atoms with Crippen LogP contribution < -0.4 is 4.74 Å². The highest BCUT2D eigenvalue weighted by molar-refractivity contribution is 6.27. The van der Waals surface area contributed by atoms with E-state index >= 15 is 0 Å². The third-order valence-corrected chi connectivity index (χ3v) is 5.71. The number of phenols is 1. The average molecular weight is 489 g/mol. The predicted molar refractivity (Wildman–Crippen MR) is 127 cm³/mol. The number of carboxylic acid groups (broad SMARTS) is 2. The average Bonchev–Trinajstić information content (AvgIpc) is 2.86. The van der Waals surface area contributed by atoms with Gasteiger partial charge in [0.1, 0.15) is 0 Å². The first-order valence-electron chi connectivity index (χ1n) is 11.2. The topological polar surface area (TPSA) is 148 Å². The smallest absolute Gasteiger partial charge is 0.414 e. The van der Waals surface area contributed by atoms with Crippen molar-refractivity contribution in [3.05, 3.63) is 59.7 Å². The number of hydrogen-bond acceptors (Lipinski definition) is 7. The zero-order valence-electron chi connectivity index (χ0n) is 19.7. The number of carbonyl (C=O) groups is 3. The Kier molecular flexibility index (Phi) is 11.0. The van der Waals surface area contributed by atoms with Crippen molar-refractivity contribution in [2.24, 2.45) is 5.92 Å². The van der Waals surface area contributed by atoms with E-state index < -0.39 is 11.9 Å². The second kappa shape index (κ2) is 13.9. The van der Waals surface area contributed by atoms with Crippen LogP contribution >= 0.6 is 0 Å². The fourth-order valence-electron chi connectivity index (χ4n) is 3.89. The number of aliphatic hydroxyl groups is 1. The number of hydrogen-bond donors (Lipinski definition) is 4. The minimum absolute atomic E-state index is 0.0274. The van der Waals surface area contributed by atoms with E-state index in [0.717, 1.165) is 37.1 Å². The molecule has 1 aliphatic heterocycles. The number of carbonyl (C=O) groups excluding carboxylic acids is 1. The molecule has 0 unspecified atom stereocenters. The first kappa shape index (κ1) is 27.6. The highest BCUT2D eigenvalue weighted by Crippen LogP contribution is 2.31. The number of aromatic hydroxyl groups is 1. The highest BCUT2D eigenvalue weighted by Gasteiger charge is 2.29. The highest BCUT2D eigenvalue weighted by atomic mass is 16.5. The first-order valence-corrected chi connectivity index (χ1v) is 11.2. The van der Waals surface area contributed by atoms with E-state index in [1.54, 1.807) is 18.1 Å². The molecular weight excluding hydrogens is 456 g/mol. The Hall–Kier alpha value is -3.63. The molecule has 1 fully saturated rings. The van der Waals surface area contributed by atoms with E-state index in [0.29, 0.717) is 25.4 Å². The maximum atomic E-state index is 13.0. The molecule has 3 rings (SSSR count). The summed E-state index contributed by atoms with van der Waals surface area (Å²) >= 11 is 0. The number of amides is 1. The summed E-state index contributed by atoms with van der Waals surface area (Å²) in [6.07, 6.45) is 1.56. The molecule has 0 aromatic heterocycles. The second-order valence-corrected chi connectivity index (χ2v) is 8.10. The Morgan fingerprint density at radius 2 is 1.63 bits per heavy atom. The number of rotatable bonds is 8. The molecule has 1 aliphatic rings. The van der Waals surface area contributed by atoms with Crippen LogP contribution in [0.1, 0.15) is 24.0 Å². The molecule has 1 amide bonds. The second-order valence-electron chi connectivity index (χ2n) is 8.10. The summed E-state index contributed by atoms with van der Waals surface area (Å²) in [5, 5.41) is 34.5. The molecular formula is C25H32N2O8. The Morgan fingerprint density at radius 3 is 2.17 bits per heavy atom. The molecule has 10 nitrogen and oxygen atoms in total. The number of carboxylic acids is 2. The monoisotopic (exact) mass is 488 g/mol. The summed E-state index contributed by atoms with van der Waals surface area (Å²) in [6.45, 7) is 3.07. The van der Waals surface area contributed by atoms with Crippen LogP contribution in [0.3, 0.4) is 0 Å². The van der Waals surface area contributed by atoms with Crippen LogP contribution in [0.15, 0.2) is 48.5 Å². The van der Waals surface area contributed by atoms with E-state index in [2.05, 4.69) is 4.90 Å². The molecule has 2 aromatic carbocycles. The van der Waals surface area contributed by atoms with Crippen LogP contribution in [0.5, 0.6) is 11.5 Å². The Bertz CT molecular complexity index is 963. The zero-order chi connectivity index (χ0) is 25.8. The number of aliphatic hydroxyl groups excluding tert-OH is 1. The number of aliphatic carboxylic acids is 2. The number of ether oxygens (including phenoxy) is 1. The normalized spacial score (nSPS) is 13.9. The summed E-state index contributed by atoms with van der Waals surface area (Å²) < 4.78 is 5.18. The van der Waals surface area contributed by atoms with Gasteiger partial charge in [0, 0.05) is 31.1 Å². The third kappa shape index (κ3) is 8.58. The van der Waals surface area contributed by atoms with Gasteiger partial charge in [0.05, 0.1) is 13.7 Å². The zero-order valence-corrected chi connectivity index (χ0v) is 19.7. The fourth-order valence-corrected chi connectivity index (χ4v) is 3.89. The predicted octanol–water partition coefficient (Wildman–Crippen LogP) is 1.79. The number of piperidine rings is 1. The molecule has 0 aliphatic carbocycles. The van der Waals surface area contributed by atoms with Crippen LogP contribution in [0.2, 0.25) is 0 Å². The van der Waals surface area contributed by atoms with Crippen LogP contribution in [-0.4, -0.2) is 81.4 Å². The van der Waals surface area contributed by atoms with E-state index in [4.69, 9.17) is 24.5 Å². The van der Waals surface area contributed by atoms with Crippen molar-refractivity contribution in [3.8, 4) is 11.5 Å². The molecule has 0 bridgehead atoms. The van der Waals surface area contributed by atoms with Gasteiger partial charge in [-0.2, -0.15) is 0 Å². The Balaban J connectivity index is 0.000000641. The van der Waals surface area contributed by atoms with Crippen molar-refractivity contribution in [1.29, 1.82) is 0 Å². The molecule has 0 saturated carbocycles. The molecule has 0 radical (unpaired) electrons. The summed E-state index contributed by atoms with van der Waals surface area (Å²) in [4.78, 5) is 35.3. The quantitative estimate of drug-likeness (QED) is 0.408. The minimum Gasteiger partial charge on any atom is -0.504 e. The molecule has 10 heteroatoms. The maximum absolute atomic E-state index is 13.0. The van der Waals surface area contributed by atoms with Gasteiger partial charge in [-0.15, -0.1) is 0 Å². The fraction of sp³-hybridized carbons (Fsp3) is 0.400. The molecule has 35 heavy (non-hydrogen) atoms. The van der Waals surface area contributed by atoms with Gasteiger partial charge in [-0.1, -0.05) is 42.5 Å². The van der Waals surface area contributed by atoms with E-state index in [1.165, 1.54) is 0 Å². The molecule has 1 heterocycles. The number of nitrogens with zero attached hydrogens (tertiary/aromatic N) is 2. The van der Waals surface area contributed by atoms with E-state index in [1.807, 2.05) is 42.5 Å². The van der Waals surface area contributed by atoms with Crippen LogP contribution in [0, 0.1) is 5.92 Å². The SMILES string of the molecule is COc1cccc(CN2CCC(C(=O)N(CCO)Cc3ccccc3)CC2)c1O.O=C(O)C(=O)O. The van der Waals surface area contributed by atoms with Gasteiger partial charge >= 0.3 is 11.9 Å². The van der Waals surface area contributed by atoms with Crippen LogP contribution in [0.25, 0.3) is 0 Å². The van der Waals surface area contributed by atoms with Gasteiger partial charge < -0.3 is 30.1 Å². The lowest BCUT2D eigenvalue weighted by atomic mass is 9.94. The Morgan fingerprint density at radius 1 is 1.00 bits per heavy atom. The maximum Gasteiger partial charge on any atom is 0.414 e. The molecule has 0 atom stereocenters. The van der Waals surface area contributed by atoms with Gasteiger partial charge in [0.25, 0.3) is 0 Å². The number of benzene rings is 2. The molecule has 2 aromatic rings. The van der Waals surface area contributed by atoms with Crippen molar-refractivity contribution in [1.82, 2.24) is 9.80 Å². The minimum atomic E-state index is -1.82. The van der Waals surface area contributed by atoms with Crippen molar-refractivity contribution < 1.29 is 39.5 Å². The number of phenolic OH excluding ortho intramolecular Hbond substituents is 1. The largest absolute Gasteiger partial charge is 0.504 e. The van der Waals surface area contributed by atoms with Gasteiger partial charge in [0.2, 0.25) is 5.91 Å². The number of likely N-dealkylation sites (tertiary alicyclic amines) is 1. The Labute approximate surface area is 204 Å². The van der Waals surface area contributed by atoms with Gasteiger partial charge in [-0.3, -0.25) is 9.69 Å². The van der Waals surface area contributed by atoms with Crippen molar-refractivity contribution in [3.63, 3.8) is 0 Å². The lowest BCUT2D eigenvalue weighted by Gasteiger charge is -2.34. The van der Waals surface area contributed by atoms with Crippen molar-refractivity contribution in [2.75, 3.05) is 33.4 Å². The number of methoxy groups -OCH3 is 1. The third-order valence-electron chi connectivity index (χ3n) is 5.71. The van der Waals surface area contributed by atoms with Crippen LogP contribution in [0.4, 0.5) is 0 Å². The molecule has 0 spiro atoms. The van der Waals surface area contributed by atoms with Crippen molar-refractivity contribution >= 4 is 17.8 Å². The summed E-state index contributed by atoms with van der Waals surface area (Å²) in [5.41, 5.74) is 1.90. The van der Waals surface area contributed by atoms with Gasteiger partial charge in [-0.05, 0) is 37.6 Å². The summed E-state index contributed by atoms with van der Waals surface area (Å²) in [5.74, 6) is -2.89. The summed E-state index contributed by atoms with van der Waals surface area (Å²) in [7, 11) is 1.55. The van der Waals surface area contributed by atoms with E-state index in [9.17, 15) is 15.0 Å². The van der Waals surface area contributed by atoms with Crippen molar-refractivity contribution in [2.45, 2.75) is 25.9 Å². The van der Waals surface area contributed by atoms with Crippen LogP contribution in [-0.2, 0) is 27.5 Å². The molecule has 1 saturated heterocycles. The lowest BCUT2D eigenvalue weighted by Crippen LogP contribution is -2.43. The van der Waals surface area contributed by atoms with Gasteiger partial charge in [0.15, 0.2) is 11.5 Å². The lowest BCUT2D eigenvalue weighted by molar-refractivity contribution is -0.159. The molecule has 190 valence electrons.